The third-order valence-corrected chi connectivity index (χ3v) is 8.26. The minimum atomic E-state index is -0.461. The Balaban J connectivity index is 1.60. The van der Waals surface area contributed by atoms with Crippen molar-refractivity contribution in [2.45, 2.75) is 37.2 Å². The van der Waals surface area contributed by atoms with Gasteiger partial charge in [-0.1, -0.05) is 0 Å². The molecule has 1 fully saturated rings. The van der Waals surface area contributed by atoms with Crippen LogP contribution in [-0.4, -0.2) is 42.8 Å². The highest BCUT2D eigenvalue weighted by molar-refractivity contribution is 5.90. The molecular formula is C33H30O10. The van der Waals surface area contributed by atoms with Crippen molar-refractivity contribution in [1.82, 2.24) is 0 Å². The highest BCUT2D eigenvalue weighted by Gasteiger charge is 2.39. The number of aromatic hydroxyl groups is 3. The number of benzene rings is 3. The normalized spacial score (nSPS) is 18.6. The molecule has 6 rings (SSSR count). The molecule has 0 unspecified atom stereocenters. The molecule has 3 aromatic carbocycles. The largest absolute Gasteiger partial charge is 0.508 e. The average molecular weight is 587 g/mol. The zero-order valence-corrected chi connectivity index (χ0v) is 23.7. The fourth-order valence-corrected chi connectivity index (χ4v) is 6.19. The maximum absolute atomic E-state index is 13.5. The van der Waals surface area contributed by atoms with Crippen molar-refractivity contribution in [3.8, 4) is 40.1 Å². The van der Waals surface area contributed by atoms with Crippen molar-refractivity contribution in [3.63, 3.8) is 0 Å². The molecule has 3 atom stereocenters. The van der Waals surface area contributed by atoms with Gasteiger partial charge in [0, 0.05) is 60.4 Å². The van der Waals surface area contributed by atoms with E-state index in [4.69, 9.17) is 23.0 Å². The molecule has 2 aromatic heterocycles. The Bertz CT molecular complexity index is 1950. The van der Waals surface area contributed by atoms with E-state index in [1.807, 2.05) is 0 Å². The summed E-state index contributed by atoms with van der Waals surface area (Å²) in [5.74, 6) is -0.220. The second kappa shape index (κ2) is 11.0. The summed E-state index contributed by atoms with van der Waals surface area (Å²) in [6.45, 7) is 0. The molecule has 2 heterocycles. The van der Waals surface area contributed by atoms with Crippen molar-refractivity contribution in [2.24, 2.45) is 0 Å². The van der Waals surface area contributed by atoms with E-state index in [0.717, 1.165) is 6.07 Å². The molecule has 0 amide bonds. The fourth-order valence-electron chi connectivity index (χ4n) is 6.19. The van der Waals surface area contributed by atoms with Crippen LogP contribution in [0.3, 0.4) is 0 Å². The summed E-state index contributed by atoms with van der Waals surface area (Å²) >= 11 is 0. The number of hydrogen-bond donors (Lipinski definition) is 3. The van der Waals surface area contributed by atoms with Crippen LogP contribution in [0.1, 0.15) is 42.4 Å². The highest BCUT2D eigenvalue weighted by Crippen LogP contribution is 2.51. The Labute approximate surface area is 245 Å². The smallest absolute Gasteiger partial charge is 0.197 e. The summed E-state index contributed by atoms with van der Waals surface area (Å²) in [4.78, 5) is 26.6. The first kappa shape index (κ1) is 28.2. The summed E-state index contributed by atoms with van der Waals surface area (Å²) in [7, 11) is 4.64. The van der Waals surface area contributed by atoms with Crippen molar-refractivity contribution in [1.29, 1.82) is 0 Å². The number of ether oxygens (including phenoxy) is 3. The average Bonchev–Trinajstić information content (AvgIpc) is 2.99. The van der Waals surface area contributed by atoms with E-state index in [1.54, 1.807) is 38.5 Å². The van der Waals surface area contributed by atoms with E-state index >= 15 is 0 Å². The molecule has 10 heteroatoms. The van der Waals surface area contributed by atoms with Gasteiger partial charge in [-0.2, -0.15) is 0 Å². The summed E-state index contributed by atoms with van der Waals surface area (Å²) in [5.41, 5.74) is 0.451. The topological polar surface area (TPSA) is 149 Å². The number of fused-ring (bicyclic) bond motifs is 2. The fraction of sp³-hybridized carbons (Fsp3) is 0.273. The van der Waals surface area contributed by atoms with Crippen molar-refractivity contribution < 1.29 is 38.4 Å². The summed E-state index contributed by atoms with van der Waals surface area (Å²) in [5, 5.41) is 31.2. The second-order valence-corrected chi connectivity index (χ2v) is 10.7. The van der Waals surface area contributed by atoms with Crippen LogP contribution in [0.15, 0.2) is 73.0 Å². The lowest BCUT2D eigenvalue weighted by atomic mass is 9.72. The van der Waals surface area contributed by atoms with Crippen molar-refractivity contribution >= 4 is 21.9 Å². The van der Waals surface area contributed by atoms with Gasteiger partial charge in [0.1, 0.15) is 62.2 Å². The van der Waals surface area contributed by atoms with E-state index in [2.05, 4.69) is 0 Å². The zero-order chi connectivity index (χ0) is 30.4. The minimum absolute atomic E-state index is 0.00107. The van der Waals surface area contributed by atoms with Crippen LogP contribution < -0.4 is 20.3 Å². The van der Waals surface area contributed by atoms with E-state index in [0.29, 0.717) is 47.6 Å². The maximum atomic E-state index is 13.5. The Hall–Kier alpha value is -4.96. The summed E-state index contributed by atoms with van der Waals surface area (Å²) < 4.78 is 29.3. The molecule has 0 spiro atoms. The summed E-state index contributed by atoms with van der Waals surface area (Å²) in [6.07, 6.45) is 1.49. The zero-order valence-electron chi connectivity index (χ0n) is 23.7. The second-order valence-electron chi connectivity index (χ2n) is 10.7. The van der Waals surface area contributed by atoms with E-state index in [9.17, 15) is 24.9 Å². The molecule has 0 radical (unpaired) electrons. The third-order valence-electron chi connectivity index (χ3n) is 8.26. The van der Waals surface area contributed by atoms with E-state index < -0.39 is 22.7 Å². The molecule has 3 N–H and O–H groups in total. The third kappa shape index (κ3) is 4.93. The van der Waals surface area contributed by atoms with Gasteiger partial charge in [0.2, 0.25) is 0 Å². The Morgan fingerprint density at radius 2 is 1.49 bits per heavy atom. The SMILES string of the molecule is COc1ccc(-c2cc(=O)c3c(O)cc(OC)c([C@H]4C[C@@H](OC)CC[C@H]4c4cc(=O)c5c(O)cc(O)cc5o4)c3o2)cc1. The number of phenolic OH excluding ortho intramolecular Hbond substituents is 3. The van der Waals surface area contributed by atoms with Crippen LogP contribution in [-0.2, 0) is 4.74 Å². The number of methoxy groups -OCH3 is 3. The first-order valence-corrected chi connectivity index (χ1v) is 13.8. The number of rotatable bonds is 6. The molecule has 1 aliphatic carbocycles. The lowest BCUT2D eigenvalue weighted by molar-refractivity contribution is 0.0547. The predicted molar refractivity (Wildman–Crippen MR) is 159 cm³/mol. The quantitative estimate of drug-likeness (QED) is 0.224. The van der Waals surface area contributed by atoms with Crippen LogP contribution in [0, 0.1) is 0 Å². The van der Waals surface area contributed by atoms with Gasteiger partial charge in [0.25, 0.3) is 0 Å². The number of phenols is 3. The summed E-state index contributed by atoms with van der Waals surface area (Å²) in [6, 6.07) is 13.5. The van der Waals surface area contributed by atoms with Gasteiger partial charge in [-0.15, -0.1) is 0 Å². The molecule has 0 bridgehead atoms. The molecule has 222 valence electrons. The van der Waals surface area contributed by atoms with Crippen LogP contribution in [0.25, 0.3) is 33.3 Å². The van der Waals surface area contributed by atoms with E-state index in [-0.39, 0.29) is 51.1 Å². The highest BCUT2D eigenvalue weighted by atomic mass is 16.5. The molecule has 5 aromatic rings. The van der Waals surface area contributed by atoms with Crippen molar-refractivity contribution in [2.75, 3.05) is 21.3 Å². The van der Waals surface area contributed by atoms with Crippen LogP contribution in [0.5, 0.6) is 28.7 Å². The predicted octanol–water partition coefficient (Wildman–Crippen LogP) is 5.77. The van der Waals surface area contributed by atoms with Gasteiger partial charge in [-0.05, 0) is 43.5 Å². The first-order valence-electron chi connectivity index (χ1n) is 13.8. The first-order chi connectivity index (χ1) is 20.7. The maximum Gasteiger partial charge on any atom is 0.197 e. The molecule has 1 saturated carbocycles. The Kier molecular flexibility index (Phi) is 7.23. The lowest BCUT2D eigenvalue weighted by Crippen LogP contribution is -2.28. The van der Waals surface area contributed by atoms with Crippen LogP contribution in [0.4, 0.5) is 0 Å². The van der Waals surface area contributed by atoms with Crippen molar-refractivity contribution in [3.05, 3.63) is 86.4 Å². The van der Waals surface area contributed by atoms with Gasteiger partial charge < -0.3 is 38.4 Å². The van der Waals surface area contributed by atoms with Gasteiger partial charge in [0.05, 0.1) is 20.3 Å². The minimum Gasteiger partial charge on any atom is -0.508 e. The van der Waals surface area contributed by atoms with Gasteiger partial charge in [0.15, 0.2) is 10.9 Å². The molecule has 0 aliphatic heterocycles. The van der Waals surface area contributed by atoms with E-state index in [1.165, 1.54) is 31.4 Å². The molecule has 1 aliphatic rings. The van der Waals surface area contributed by atoms with Gasteiger partial charge in [-0.3, -0.25) is 9.59 Å². The number of hydrogen-bond acceptors (Lipinski definition) is 10. The molecule has 10 nitrogen and oxygen atoms in total. The Morgan fingerprint density at radius 1 is 0.767 bits per heavy atom. The van der Waals surface area contributed by atoms with Crippen LogP contribution in [0.2, 0.25) is 0 Å². The molecular weight excluding hydrogens is 556 g/mol. The monoisotopic (exact) mass is 586 g/mol. The van der Waals surface area contributed by atoms with Crippen LogP contribution >= 0.6 is 0 Å². The Morgan fingerprint density at radius 3 is 2.19 bits per heavy atom. The molecule has 0 saturated heterocycles. The lowest BCUT2D eigenvalue weighted by Gasteiger charge is -2.36. The standard InChI is InChI=1S/C33H30O10/c1-39-18-6-4-16(5-7-18)26-13-24(37)32-25(38)15-28(41-3)30(33(32)43-26)21-12-19(40-2)8-9-20(21)27-14-23(36)31-22(35)10-17(34)11-29(31)42-27/h4-7,10-11,13-15,19-21,34-35,38H,8-9,12H2,1-3H3/t19-,20+,21-/m0/s1. The van der Waals surface area contributed by atoms with Gasteiger partial charge in [-0.25, -0.2) is 0 Å². The molecule has 43 heavy (non-hydrogen) atoms. The van der Waals surface area contributed by atoms with Gasteiger partial charge >= 0.3 is 0 Å².